The van der Waals surface area contributed by atoms with Crippen LogP contribution in [0.15, 0.2) is 0 Å². The number of hydrogen-bond donors (Lipinski definition) is 3. The summed E-state index contributed by atoms with van der Waals surface area (Å²) >= 11 is 0. The van der Waals surface area contributed by atoms with Crippen LogP contribution >= 0.6 is 8.25 Å². The van der Waals surface area contributed by atoms with Crippen molar-refractivity contribution in [1.82, 2.24) is 0 Å². The number of rotatable bonds is 2. The summed E-state index contributed by atoms with van der Waals surface area (Å²) in [6, 6.07) is 0. The molecule has 1 atom stereocenters. The van der Waals surface area contributed by atoms with Crippen LogP contribution in [0.4, 0.5) is 0 Å². The van der Waals surface area contributed by atoms with Gasteiger partial charge in [0.2, 0.25) is 0 Å². The lowest BCUT2D eigenvalue weighted by molar-refractivity contribution is 0.274. The molecule has 0 aromatic heterocycles. The molecule has 0 spiro atoms. The molecule has 0 rings (SSSR count). The van der Waals surface area contributed by atoms with Crippen LogP contribution in [0.1, 0.15) is 0 Å². The molecule has 0 aromatic rings. The molecule has 0 radical (unpaired) electrons. The van der Waals surface area contributed by atoms with E-state index in [1.54, 1.807) is 0 Å². The minimum atomic E-state index is -2.89. The van der Waals surface area contributed by atoms with Crippen molar-refractivity contribution in [2.45, 2.75) is 0 Å². The van der Waals surface area contributed by atoms with Crippen molar-refractivity contribution in [2.75, 3.05) is 0 Å². The second-order valence-electron chi connectivity index (χ2n) is 0.670. The second-order valence-corrected chi connectivity index (χ2v) is 1.36. The van der Waals surface area contributed by atoms with Crippen molar-refractivity contribution in [3.63, 3.8) is 0 Å². The Hall–Kier alpha value is 0.00494. The Bertz CT molecular complexity index is 68.5. The average molecular weight is 125 g/mol. The molecule has 0 bridgehead atoms. The molecule has 7 heavy (non-hydrogen) atoms. The molecule has 0 saturated heterocycles. The largest absolute Gasteiger partial charge is 0.686 e. The molecular weight excluding hydrogens is 122 g/mol. The molecule has 0 aliphatic carbocycles. The normalized spacial score (nSPS) is 11.0. The molecule has 0 aliphatic rings. The highest BCUT2D eigenvalue weighted by Gasteiger charge is 2.24. The topological polar surface area (TPSA) is 87.0 Å². The van der Waals surface area contributed by atoms with E-state index in [0.717, 1.165) is 0 Å². The second kappa shape index (κ2) is 3.07. The van der Waals surface area contributed by atoms with Crippen molar-refractivity contribution >= 4 is 15.6 Å². The molecule has 0 amide bonds. The quantitative estimate of drug-likeness (QED) is 0.312. The van der Waals surface area contributed by atoms with Crippen molar-refractivity contribution < 1.29 is 23.9 Å². The lowest BCUT2D eigenvalue weighted by Crippen LogP contribution is -2.11. The summed E-state index contributed by atoms with van der Waals surface area (Å²) in [5.41, 5.74) is 0. The molecular formula is H3BO5P+. The van der Waals surface area contributed by atoms with E-state index in [-0.39, 0.29) is 0 Å². The molecule has 0 aromatic carbocycles. The smallest absolute Gasteiger partial charge is 0.399 e. The summed E-state index contributed by atoms with van der Waals surface area (Å²) in [5.74, 6) is 0. The van der Waals surface area contributed by atoms with Crippen LogP contribution in [0.25, 0.3) is 0 Å². The molecule has 0 saturated carbocycles. The highest BCUT2D eigenvalue weighted by atomic mass is 31.1. The molecule has 0 aliphatic heterocycles. The molecule has 1 unspecified atom stereocenters. The minimum absolute atomic E-state index is 2.16. The van der Waals surface area contributed by atoms with Crippen LogP contribution in [0.5, 0.6) is 0 Å². The van der Waals surface area contributed by atoms with Gasteiger partial charge in [0.05, 0.1) is 0 Å². The van der Waals surface area contributed by atoms with E-state index in [2.05, 4.69) is 4.44 Å². The van der Waals surface area contributed by atoms with Crippen molar-refractivity contribution in [3.05, 3.63) is 0 Å². The summed E-state index contributed by atoms with van der Waals surface area (Å²) in [4.78, 5) is 7.69. The van der Waals surface area contributed by atoms with Gasteiger partial charge in [-0.2, -0.15) is 0 Å². The van der Waals surface area contributed by atoms with E-state index < -0.39 is 15.6 Å². The predicted molar refractivity (Wildman–Crippen MR) is 21.1 cm³/mol. The SMILES string of the molecule is O=[P+](O)OB(O)O. The zero-order valence-corrected chi connectivity index (χ0v) is 4.08. The Kier molecular flexibility index (Phi) is 3.07. The van der Waals surface area contributed by atoms with E-state index in [0.29, 0.717) is 0 Å². The molecule has 5 nitrogen and oxygen atoms in total. The summed E-state index contributed by atoms with van der Waals surface area (Å²) in [6.45, 7) is 0. The van der Waals surface area contributed by atoms with Crippen LogP contribution in [-0.4, -0.2) is 22.3 Å². The van der Waals surface area contributed by atoms with E-state index in [1.807, 2.05) is 0 Å². The van der Waals surface area contributed by atoms with Crippen LogP contribution in [-0.2, 0) is 9.01 Å². The first-order valence-corrected chi connectivity index (χ1v) is 2.45. The Labute approximate surface area is 40.7 Å². The van der Waals surface area contributed by atoms with Gasteiger partial charge in [-0.05, 0) is 0 Å². The average Bonchev–Trinajstić information content (AvgIpc) is 1.27. The molecule has 0 fully saturated rings. The van der Waals surface area contributed by atoms with E-state index in [1.165, 1.54) is 0 Å². The fourth-order valence-corrected chi connectivity index (χ4v) is 0.242. The summed E-state index contributed by atoms with van der Waals surface area (Å²) in [6.07, 6.45) is 0. The van der Waals surface area contributed by atoms with Crippen LogP contribution in [0, 0.1) is 0 Å². The monoisotopic (exact) mass is 125 g/mol. The molecule has 0 heterocycles. The molecule has 7 heteroatoms. The fourth-order valence-electron chi connectivity index (χ4n) is 0.0807. The summed E-state index contributed by atoms with van der Waals surface area (Å²) < 4.78 is 12.8. The van der Waals surface area contributed by atoms with Crippen molar-refractivity contribution in [1.29, 1.82) is 0 Å². The summed E-state index contributed by atoms with van der Waals surface area (Å²) in [7, 11) is -5.05. The van der Waals surface area contributed by atoms with E-state index >= 15 is 0 Å². The molecule has 40 valence electrons. The van der Waals surface area contributed by atoms with Crippen molar-refractivity contribution in [3.8, 4) is 0 Å². The van der Waals surface area contributed by atoms with Crippen LogP contribution < -0.4 is 0 Å². The van der Waals surface area contributed by atoms with Gasteiger partial charge in [0, 0.05) is 4.57 Å². The maximum absolute atomic E-state index is 9.42. The third kappa shape index (κ3) is 6.00. The van der Waals surface area contributed by atoms with Gasteiger partial charge in [-0.1, -0.05) is 0 Å². The van der Waals surface area contributed by atoms with E-state index in [9.17, 15) is 4.57 Å². The van der Waals surface area contributed by atoms with Crippen molar-refractivity contribution in [2.24, 2.45) is 0 Å². The Morgan fingerprint density at radius 1 is 1.57 bits per heavy atom. The first-order chi connectivity index (χ1) is 3.13. The van der Waals surface area contributed by atoms with Gasteiger partial charge >= 0.3 is 15.6 Å². The zero-order valence-electron chi connectivity index (χ0n) is 3.18. The van der Waals surface area contributed by atoms with Crippen LogP contribution in [0.3, 0.4) is 0 Å². The maximum atomic E-state index is 9.42. The zero-order chi connectivity index (χ0) is 5.86. The third-order valence-electron chi connectivity index (χ3n) is 0.184. The third-order valence-corrected chi connectivity index (χ3v) is 0.553. The lowest BCUT2D eigenvalue weighted by atomic mass is 10.3. The Morgan fingerprint density at radius 3 is 2.00 bits per heavy atom. The highest BCUT2D eigenvalue weighted by Crippen LogP contribution is 2.13. The highest BCUT2D eigenvalue weighted by molar-refractivity contribution is 7.33. The predicted octanol–water partition coefficient (Wildman–Crippen LogP) is -1.38. The van der Waals surface area contributed by atoms with Gasteiger partial charge in [-0.3, -0.25) is 0 Å². The van der Waals surface area contributed by atoms with E-state index in [4.69, 9.17) is 14.9 Å². The van der Waals surface area contributed by atoms with Gasteiger partial charge < -0.3 is 10.0 Å². The standard InChI is InChI=1S/BH2O5P/c2-1(3)6-7(4)5/h2-3H/p+1. The van der Waals surface area contributed by atoms with Gasteiger partial charge in [0.1, 0.15) is 0 Å². The molecule has 3 N–H and O–H groups in total. The Balaban J connectivity index is 3.13. The fraction of sp³-hybridized carbons (Fsp3) is 0. The lowest BCUT2D eigenvalue weighted by Gasteiger charge is -1.76. The minimum Gasteiger partial charge on any atom is -0.399 e. The van der Waals surface area contributed by atoms with Crippen LogP contribution in [0.2, 0.25) is 0 Å². The number of hydrogen-bond acceptors (Lipinski definition) is 4. The van der Waals surface area contributed by atoms with Gasteiger partial charge in [0.25, 0.3) is 0 Å². The van der Waals surface area contributed by atoms with Gasteiger partial charge in [0.15, 0.2) is 0 Å². The Morgan fingerprint density at radius 2 is 2.00 bits per heavy atom. The first kappa shape index (κ1) is 7.00. The van der Waals surface area contributed by atoms with Gasteiger partial charge in [-0.25, -0.2) is 0 Å². The maximum Gasteiger partial charge on any atom is 0.686 e. The first-order valence-electron chi connectivity index (χ1n) is 1.32. The summed E-state index contributed by atoms with van der Waals surface area (Å²) in [5, 5.41) is 15.4. The van der Waals surface area contributed by atoms with Gasteiger partial charge in [-0.15, -0.1) is 9.33 Å².